The van der Waals surface area contributed by atoms with Gasteiger partial charge in [0, 0.05) is 19.1 Å². The summed E-state index contributed by atoms with van der Waals surface area (Å²) in [6.07, 6.45) is 0. The number of piperidine rings is 1. The van der Waals surface area contributed by atoms with Crippen molar-refractivity contribution in [2.24, 2.45) is 11.8 Å². The third-order valence-electron chi connectivity index (χ3n) is 3.48. The molecule has 5 heteroatoms. The van der Waals surface area contributed by atoms with E-state index in [4.69, 9.17) is 0 Å². The van der Waals surface area contributed by atoms with Crippen LogP contribution in [0, 0.1) is 25.7 Å². The molecule has 15 heavy (non-hydrogen) atoms. The highest BCUT2D eigenvalue weighted by Crippen LogP contribution is 2.43. The highest BCUT2D eigenvalue weighted by Gasteiger charge is 2.53. The average Bonchev–Trinajstić information content (AvgIpc) is 2.68. The van der Waals surface area contributed by atoms with E-state index >= 15 is 0 Å². The van der Waals surface area contributed by atoms with Crippen molar-refractivity contribution < 1.29 is 0 Å². The molecular weight excluding hydrogens is 190 g/mol. The van der Waals surface area contributed by atoms with Crippen LogP contribution in [-0.2, 0) is 0 Å². The van der Waals surface area contributed by atoms with Crippen LogP contribution in [0.1, 0.15) is 11.4 Å². The standard InChI is InChI=1S/C10H15N5/c1-5-6(2)14-15-10(12-5)13-9-7-3-11-4-8(7)9/h7-9,11H,3-4H2,1-2H3,(H,12,13,15). The third-order valence-corrected chi connectivity index (χ3v) is 3.48. The van der Waals surface area contributed by atoms with E-state index in [-0.39, 0.29) is 0 Å². The van der Waals surface area contributed by atoms with Crippen molar-refractivity contribution in [3.63, 3.8) is 0 Å². The molecule has 2 atom stereocenters. The zero-order valence-electron chi connectivity index (χ0n) is 8.99. The van der Waals surface area contributed by atoms with Gasteiger partial charge in [0.1, 0.15) is 0 Å². The number of nitrogens with one attached hydrogen (secondary N) is 2. The zero-order chi connectivity index (χ0) is 10.4. The summed E-state index contributed by atoms with van der Waals surface area (Å²) < 4.78 is 0. The molecule has 0 spiro atoms. The maximum absolute atomic E-state index is 4.38. The molecule has 0 radical (unpaired) electrons. The number of anilines is 1. The Hall–Kier alpha value is -1.23. The molecular formula is C10H15N5. The van der Waals surface area contributed by atoms with Crippen molar-refractivity contribution in [3.05, 3.63) is 11.4 Å². The van der Waals surface area contributed by atoms with Gasteiger partial charge in [0.05, 0.1) is 11.4 Å². The number of aromatic nitrogens is 3. The van der Waals surface area contributed by atoms with Crippen LogP contribution in [0.3, 0.4) is 0 Å². The van der Waals surface area contributed by atoms with Crippen molar-refractivity contribution in [1.82, 2.24) is 20.5 Å². The summed E-state index contributed by atoms with van der Waals surface area (Å²) in [5.74, 6) is 2.22. The van der Waals surface area contributed by atoms with Crippen LogP contribution >= 0.6 is 0 Å². The Morgan fingerprint density at radius 1 is 1.13 bits per heavy atom. The second-order valence-corrected chi connectivity index (χ2v) is 4.46. The van der Waals surface area contributed by atoms with Crippen LogP contribution in [0.25, 0.3) is 0 Å². The summed E-state index contributed by atoms with van der Waals surface area (Å²) in [6, 6.07) is 0.565. The normalized spacial score (nSPS) is 32.5. The van der Waals surface area contributed by atoms with E-state index in [9.17, 15) is 0 Å². The Balaban J connectivity index is 1.70. The van der Waals surface area contributed by atoms with Crippen molar-refractivity contribution in [3.8, 4) is 0 Å². The lowest BCUT2D eigenvalue weighted by molar-refractivity contribution is 0.691. The summed E-state index contributed by atoms with van der Waals surface area (Å²) in [7, 11) is 0. The first-order chi connectivity index (χ1) is 7.25. The van der Waals surface area contributed by atoms with Crippen LogP contribution < -0.4 is 10.6 Å². The Kier molecular flexibility index (Phi) is 1.88. The molecule has 1 aromatic rings. The highest BCUT2D eigenvalue weighted by molar-refractivity contribution is 5.32. The van der Waals surface area contributed by atoms with E-state index in [0.717, 1.165) is 36.3 Å². The third kappa shape index (κ3) is 1.47. The molecule has 0 bridgehead atoms. The minimum atomic E-state index is 0.565. The number of aryl methyl sites for hydroxylation is 2. The summed E-state index contributed by atoms with van der Waals surface area (Å²) in [5.41, 5.74) is 1.86. The molecule has 80 valence electrons. The van der Waals surface area contributed by atoms with Gasteiger partial charge in [-0.05, 0) is 25.7 Å². The summed E-state index contributed by atoms with van der Waals surface area (Å²) in [6.45, 7) is 6.14. The molecule has 2 N–H and O–H groups in total. The van der Waals surface area contributed by atoms with Crippen molar-refractivity contribution >= 4 is 5.95 Å². The van der Waals surface area contributed by atoms with Gasteiger partial charge >= 0.3 is 0 Å². The topological polar surface area (TPSA) is 62.7 Å². The molecule has 2 fully saturated rings. The highest BCUT2D eigenvalue weighted by atomic mass is 15.3. The first-order valence-corrected chi connectivity index (χ1v) is 5.41. The monoisotopic (exact) mass is 205 g/mol. The predicted molar refractivity (Wildman–Crippen MR) is 56.6 cm³/mol. The zero-order valence-corrected chi connectivity index (χ0v) is 8.99. The van der Waals surface area contributed by atoms with Gasteiger partial charge in [0.15, 0.2) is 0 Å². The first-order valence-electron chi connectivity index (χ1n) is 5.41. The van der Waals surface area contributed by atoms with E-state index in [1.807, 2.05) is 13.8 Å². The largest absolute Gasteiger partial charge is 0.349 e. The predicted octanol–water partition coefficient (Wildman–Crippen LogP) is 0.118. The number of fused-ring (bicyclic) bond motifs is 1. The minimum absolute atomic E-state index is 0.565. The summed E-state index contributed by atoms with van der Waals surface area (Å²) in [4.78, 5) is 4.38. The molecule has 3 rings (SSSR count). The lowest BCUT2D eigenvalue weighted by atomic mass is 10.4. The molecule has 1 saturated heterocycles. The van der Waals surface area contributed by atoms with E-state index in [1.54, 1.807) is 0 Å². The van der Waals surface area contributed by atoms with Gasteiger partial charge in [-0.15, -0.1) is 5.10 Å². The fourth-order valence-electron chi connectivity index (χ4n) is 2.30. The molecule has 0 aromatic carbocycles. The lowest BCUT2D eigenvalue weighted by Gasteiger charge is -2.07. The molecule has 1 aliphatic carbocycles. The second-order valence-electron chi connectivity index (χ2n) is 4.46. The van der Waals surface area contributed by atoms with Gasteiger partial charge < -0.3 is 10.6 Å². The molecule has 1 aromatic heterocycles. The molecule has 0 amide bonds. The first kappa shape index (κ1) is 9.03. The van der Waals surface area contributed by atoms with E-state index in [2.05, 4.69) is 25.8 Å². The van der Waals surface area contributed by atoms with Gasteiger partial charge in [-0.1, -0.05) is 0 Å². The Labute approximate surface area is 88.7 Å². The average molecular weight is 205 g/mol. The number of hydrogen-bond acceptors (Lipinski definition) is 5. The van der Waals surface area contributed by atoms with E-state index < -0.39 is 0 Å². The summed E-state index contributed by atoms with van der Waals surface area (Å²) in [5, 5.41) is 14.8. The van der Waals surface area contributed by atoms with Crippen LogP contribution in [-0.4, -0.2) is 34.3 Å². The van der Waals surface area contributed by atoms with Crippen LogP contribution in [0.2, 0.25) is 0 Å². The minimum Gasteiger partial charge on any atom is -0.349 e. The number of rotatable bonds is 2. The van der Waals surface area contributed by atoms with E-state index in [1.165, 1.54) is 0 Å². The molecule has 1 saturated carbocycles. The second kappa shape index (κ2) is 3.13. The van der Waals surface area contributed by atoms with Crippen molar-refractivity contribution in [1.29, 1.82) is 0 Å². The smallest absolute Gasteiger partial charge is 0.243 e. The molecule has 2 heterocycles. The van der Waals surface area contributed by atoms with Crippen LogP contribution in [0.4, 0.5) is 5.95 Å². The molecule has 5 nitrogen and oxygen atoms in total. The van der Waals surface area contributed by atoms with Crippen molar-refractivity contribution in [2.45, 2.75) is 19.9 Å². The molecule has 2 aliphatic rings. The van der Waals surface area contributed by atoms with Crippen molar-refractivity contribution in [2.75, 3.05) is 18.4 Å². The quantitative estimate of drug-likeness (QED) is 0.718. The van der Waals surface area contributed by atoms with Gasteiger partial charge in [0.2, 0.25) is 5.95 Å². The molecule has 2 unspecified atom stereocenters. The fraction of sp³-hybridized carbons (Fsp3) is 0.700. The lowest BCUT2D eigenvalue weighted by Crippen LogP contribution is -2.22. The van der Waals surface area contributed by atoms with Gasteiger partial charge in [0.25, 0.3) is 0 Å². The summed E-state index contributed by atoms with van der Waals surface area (Å²) >= 11 is 0. The van der Waals surface area contributed by atoms with Gasteiger partial charge in [-0.25, -0.2) is 4.98 Å². The Morgan fingerprint density at radius 3 is 2.53 bits per heavy atom. The number of nitrogens with zero attached hydrogens (tertiary/aromatic N) is 3. The maximum atomic E-state index is 4.38. The Bertz CT molecular complexity index is 381. The maximum Gasteiger partial charge on any atom is 0.243 e. The van der Waals surface area contributed by atoms with Crippen LogP contribution in [0.15, 0.2) is 0 Å². The van der Waals surface area contributed by atoms with Gasteiger partial charge in [-0.3, -0.25) is 0 Å². The molecule has 1 aliphatic heterocycles. The van der Waals surface area contributed by atoms with Crippen LogP contribution in [0.5, 0.6) is 0 Å². The SMILES string of the molecule is Cc1nnc(NC2C3CNCC32)nc1C. The Morgan fingerprint density at radius 2 is 1.87 bits per heavy atom. The fourth-order valence-corrected chi connectivity index (χ4v) is 2.30. The number of hydrogen-bond donors (Lipinski definition) is 2. The van der Waals surface area contributed by atoms with Gasteiger partial charge in [-0.2, -0.15) is 5.10 Å². The van der Waals surface area contributed by atoms with E-state index in [0.29, 0.717) is 12.0 Å².